The van der Waals surface area contributed by atoms with Gasteiger partial charge in [0, 0.05) is 39.2 Å². The Hall–Kier alpha value is -1.63. The second kappa shape index (κ2) is 9.33. The Morgan fingerprint density at radius 2 is 1.29 bits per heavy atom. The number of carbonyl (C=O) groups excluding carboxylic acids is 3. The second-order valence-electron chi connectivity index (χ2n) is 5.09. The summed E-state index contributed by atoms with van der Waals surface area (Å²) in [6, 6.07) is 0. The number of ether oxygens (including phenoxy) is 3. The summed E-state index contributed by atoms with van der Waals surface area (Å²) in [5, 5.41) is 9.28. The third-order valence-electron chi connectivity index (χ3n) is 2.89. The van der Waals surface area contributed by atoms with E-state index in [4.69, 9.17) is 14.2 Å². The quantitative estimate of drug-likeness (QED) is 0.520. The lowest BCUT2D eigenvalue weighted by atomic mass is 9.92. The number of aliphatic hydroxyl groups is 1. The van der Waals surface area contributed by atoms with Crippen LogP contribution in [0.4, 0.5) is 0 Å². The third-order valence-corrected chi connectivity index (χ3v) is 2.89. The topological polar surface area (TPSA) is 99.1 Å². The summed E-state index contributed by atoms with van der Waals surface area (Å²) < 4.78 is 15.3. The van der Waals surface area contributed by atoms with Crippen LogP contribution in [-0.4, -0.2) is 48.4 Å². The molecule has 7 heteroatoms. The van der Waals surface area contributed by atoms with Gasteiger partial charge >= 0.3 is 17.9 Å². The molecule has 122 valence electrons. The van der Waals surface area contributed by atoms with Gasteiger partial charge in [0.25, 0.3) is 0 Å². The fourth-order valence-electron chi connectivity index (χ4n) is 1.84. The lowest BCUT2D eigenvalue weighted by Crippen LogP contribution is -2.45. The number of rotatable bonds is 8. The maximum absolute atomic E-state index is 11.3. The molecule has 0 heterocycles. The van der Waals surface area contributed by atoms with Crippen molar-refractivity contribution in [1.29, 1.82) is 0 Å². The van der Waals surface area contributed by atoms with E-state index < -0.39 is 42.0 Å². The lowest BCUT2D eigenvalue weighted by molar-refractivity contribution is -0.178. The Morgan fingerprint density at radius 1 is 0.857 bits per heavy atom. The highest BCUT2D eigenvalue weighted by Gasteiger charge is 2.36. The monoisotopic (exact) mass is 304 g/mol. The largest absolute Gasteiger partial charge is 0.465 e. The highest BCUT2D eigenvalue weighted by atomic mass is 16.6. The predicted molar refractivity (Wildman–Crippen MR) is 73.2 cm³/mol. The molecular weight excluding hydrogens is 280 g/mol. The molecule has 0 radical (unpaired) electrons. The summed E-state index contributed by atoms with van der Waals surface area (Å²) in [6.07, 6.45) is -1.63. The predicted octanol–water partition coefficient (Wildman–Crippen LogP) is 0.677. The van der Waals surface area contributed by atoms with Crippen LogP contribution in [0.15, 0.2) is 0 Å². The van der Waals surface area contributed by atoms with Crippen molar-refractivity contribution in [2.24, 2.45) is 11.8 Å². The molecular formula is C14H24O7. The van der Waals surface area contributed by atoms with Crippen molar-refractivity contribution in [2.45, 2.75) is 46.8 Å². The van der Waals surface area contributed by atoms with Crippen LogP contribution in [0.1, 0.15) is 34.6 Å². The Labute approximate surface area is 124 Å². The molecule has 0 rings (SSSR count). The number of aliphatic hydroxyl groups excluding tert-OH is 1. The SMILES string of the molecule is CC(=O)OCC(C)[C@@H](OC(C)=O)[C@H](OC(C)=O)C(C)CO. The molecule has 0 aromatic rings. The minimum Gasteiger partial charge on any atom is -0.465 e. The number of carbonyl (C=O) groups is 3. The number of hydrogen-bond donors (Lipinski definition) is 1. The van der Waals surface area contributed by atoms with Gasteiger partial charge in [0.1, 0.15) is 12.2 Å². The van der Waals surface area contributed by atoms with Crippen molar-refractivity contribution in [3.8, 4) is 0 Å². The van der Waals surface area contributed by atoms with E-state index in [1.54, 1.807) is 13.8 Å². The van der Waals surface area contributed by atoms with Gasteiger partial charge in [0.05, 0.1) is 6.61 Å². The van der Waals surface area contributed by atoms with Gasteiger partial charge in [0.15, 0.2) is 0 Å². The van der Waals surface area contributed by atoms with Crippen LogP contribution in [0.2, 0.25) is 0 Å². The molecule has 21 heavy (non-hydrogen) atoms. The first-order valence-corrected chi connectivity index (χ1v) is 6.77. The molecule has 0 aromatic carbocycles. The molecule has 2 unspecified atom stereocenters. The van der Waals surface area contributed by atoms with Gasteiger partial charge in [-0.15, -0.1) is 0 Å². The van der Waals surface area contributed by atoms with E-state index in [0.717, 1.165) is 0 Å². The molecule has 7 nitrogen and oxygen atoms in total. The van der Waals surface area contributed by atoms with E-state index in [0.29, 0.717) is 0 Å². The van der Waals surface area contributed by atoms with E-state index in [1.807, 2.05) is 0 Å². The maximum Gasteiger partial charge on any atom is 0.303 e. The van der Waals surface area contributed by atoms with Crippen LogP contribution >= 0.6 is 0 Å². The second-order valence-corrected chi connectivity index (χ2v) is 5.09. The molecule has 0 saturated heterocycles. The fraction of sp³-hybridized carbons (Fsp3) is 0.786. The Bertz CT molecular complexity index is 366. The average molecular weight is 304 g/mol. The van der Waals surface area contributed by atoms with E-state index in [9.17, 15) is 19.5 Å². The molecule has 0 aromatic heterocycles. The Balaban J connectivity index is 5.14. The van der Waals surface area contributed by atoms with Crippen LogP contribution in [0.25, 0.3) is 0 Å². The van der Waals surface area contributed by atoms with Gasteiger partial charge in [-0.25, -0.2) is 0 Å². The molecule has 0 saturated carbocycles. The average Bonchev–Trinajstić information content (AvgIpc) is 2.38. The summed E-state index contributed by atoms with van der Waals surface area (Å²) in [4.78, 5) is 33.4. The minimum atomic E-state index is -0.818. The molecule has 0 aliphatic rings. The molecule has 0 amide bonds. The summed E-state index contributed by atoms with van der Waals surface area (Å²) in [6.45, 7) is 6.89. The molecule has 0 aliphatic heterocycles. The molecule has 1 N–H and O–H groups in total. The summed E-state index contributed by atoms with van der Waals surface area (Å²) in [7, 11) is 0. The van der Waals surface area contributed by atoms with E-state index >= 15 is 0 Å². The summed E-state index contributed by atoms with van der Waals surface area (Å²) >= 11 is 0. The van der Waals surface area contributed by atoms with E-state index in [-0.39, 0.29) is 13.2 Å². The van der Waals surface area contributed by atoms with Gasteiger partial charge in [-0.2, -0.15) is 0 Å². The first kappa shape index (κ1) is 19.4. The molecule has 0 aliphatic carbocycles. The molecule has 0 spiro atoms. The van der Waals surface area contributed by atoms with Crippen LogP contribution < -0.4 is 0 Å². The van der Waals surface area contributed by atoms with Crippen LogP contribution in [0.5, 0.6) is 0 Å². The van der Waals surface area contributed by atoms with Crippen molar-refractivity contribution in [3.63, 3.8) is 0 Å². The number of esters is 3. The summed E-state index contributed by atoms with van der Waals surface area (Å²) in [5.74, 6) is -2.37. The zero-order valence-electron chi connectivity index (χ0n) is 13.1. The molecule has 0 bridgehead atoms. The van der Waals surface area contributed by atoms with Gasteiger partial charge in [0.2, 0.25) is 0 Å². The Kier molecular flexibility index (Phi) is 8.61. The smallest absolute Gasteiger partial charge is 0.303 e. The van der Waals surface area contributed by atoms with Crippen molar-refractivity contribution in [1.82, 2.24) is 0 Å². The van der Waals surface area contributed by atoms with Crippen molar-refractivity contribution in [3.05, 3.63) is 0 Å². The van der Waals surface area contributed by atoms with E-state index in [1.165, 1.54) is 20.8 Å². The van der Waals surface area contributed by atoms with Crippen molar-refractivity contribution < 1.29 is 33.7 Å². The first-order chi connectivity index (χ1) is 9.68. The third kappa shape index (κ3) is 7.65. The first-order valence-electron chi connectivity index (χ1n) is 6.77. The van der Waals surface area contributed by atoms with Gasteiger partial charge in [-0.05, 0) is 0 Å². The number of hydrogen-bond acceptors (Lipinski definition) is 7. The van der Waals surface area contributed by atoms with Gasteiger partial charge in [-0.3, -0.25) is 14.4 Å². The van der Waals surface area contributed by atoms with Crippen LogP contribution in [0.3, 0.4) is 0 Å². The summed E-state index contributed by atoms with van der Waals surface area (Å²) in [5.41, 5.74) is 0. The zero-order chi connectivity index (χ0) is 16.6. The minimum absolute atomic E-state index is 0.0171. The van der Waals surface area contributed by atoms with Gasteiger partial charge < -0.3 is 19.3 Å². The van der Waals surface area contributed by atoms with Crippen LogP contribution in [0, 0.1) is 11.8 Å². The van der Waals surface area contributed by atoms with Crippen molar-refractivity contribution >= 4 is 17.9 Å². The highest BCUT2D eigenvalue weighted by Crippen LogP contribution is 2.22. The standard InChI is InChI=1S/C14H24O7/c1-8(6-15)13(20-11(4)17)14(21-12(5)18)9(2)7-19-10(3)16/h8-9,13-15H,6-7H2,1-5H3/t8?,9?,13-,14-/m1/s1. The van der Waals surface area contributed by atoms with Crippen LogP contribution in [-0.2, 0) is 28.6 Å². The maximum atomic E-state index is 11.3. The van der Waals surface area contributed by atoms with Gasteiger partial charge in [-0.1, -0.05) is 13.8 Å². The normalized spacial score (nSPS) is 16.3. The zero-order valence-corrected chi connectivity index (χ0v) is 13.1. The highest BCUT2D eigenvalue weighted by molar-refractivity contribution is 5.67. The molecule has 0 fully saturated rings. The fourth-order valence-corrected chi connectivity index (χ4v) is 1.84. The molecule has 4 atom stereocenters. The lowest BCUT2D eigenvalue weighted by Gasteiger charge is -2.33. The Morgan fingerprint density at radius 3 is 1.62 bits per heavy atom. The van der Waals surface area contributed by atoms with E-state index in [2.05, 4.69) is 0 Å². The van der Waals surface area contributed by atoms with Crippen molar-refractivity contribution in [2.75, 3.05) is 13.2 Å².